The first kappa shape index (κ1) is 14.5. The zero-order valence-electron chi connectivity index (χ0n) is 11.8. The quantitative estimate of drug-likeness (QED) is 0.808. The van der Waals surface area contributed by atoms with Gasteiger partial charge in [-0.3, -0.25) is 0 Å². The van der Waals surface area contributed by atoms with E-state index in [4.69, 9.17) is 10.5 Å². The van der Waals surface area contributed by atoms with Gasteiger partial charge in [0.25, 0.3) is 0 Å². The van der Waals surface area contributed by atoms with Crippen molar-refractivity contribution >= 4 is 11.9 Å². The zero-order valence-corrected chi connectivity index (χ0v) is 11.8. The Morgan fingerprint density at radius 2 is 1.83 bits per heavy atom. The maximum atomic E-state index is 5.65. The van der Waals surface area contributed by atoms with E-state index in [0.29, 0.717) is 5.95 Å². The Morgan fingerprint density at radius 1 is 1.22 bits per heavy atom. The van der Waals surface area contributed by atoms with Crippen molar-refractivity contribution in [2.75, 3.05) is 11.1 Å². The Bertz CT molecular complexity index is 390. The van der Waals surface area contributed by atoms with Gasteiger partial charge < -0.3 is 15.8 Å². The Labute approximate surface area is 108 Å². The third-order valence-corrected chi connectivity index (χ3v) is 2.95. The van der Waals surface area contributed by atoms with E-state index in [0.717, 1.165) is 12.8 Å². The summed E-state index contributed by atoms with van der Waals surface area (Å²) in [6.07, 6.45) is 1.94. The molecule has 0 saturated carbocycles. The molecule has 3 N–H and O–H groups in total. The average Bonchev–Trinajstić information content (AvgIpc) is 2.27. The molecule has 0 spiro atoms. The summed E-state index contributed by atoms with van der Waals surface area (Å²) in [6.45, 7) is 10.2. The highest BCUT2D eigenvalue weighted by Crippen LogP contribution is 2.20. The molecule has 0 atom stereocenters. The van der Waals surface area contributed by atoms with E-state index in [9.17, 15) is 0 Å². The van der Waals surface area contributed by atoms with Crippen molar-refractivity contribution in [3.8, 4) is 6.01 Å². The summed E-state index contributed by atoms with van der Waals surface area (Å²) < 4.78 is 5.44. The van der Waals surface area contributed by atoms with Gasteiger partial charge in [-0.2, -0.15) is 15.0 Å². The molecule has 0 radical (unpaired) electrons. The minimum Gasteiger partial charge on any atom is -0.461 e. The fourth-order valence-electron chi connectivity index (χ4n) is 1.39. The van der Waals surface area contributed by atoms with Crippen molar-refractivity contribution in [2.24, 2.45) is 0 Å². The van der Waals surface area contributed by atoms with Gasteiger partial charge in [-0.05, 0) is 33.6 Å². The van der Waals surface area contributed by atoms with Crippen LogP contribution in [0.5, 0.6) is 6.01 Å². The highest BCUT2D eigenvalue weighted by Gasteiger charge is 2.21. The second-order valence-electron chi connectivity index (χ2n) is 4.86. The molecule has 0 aliphatic carbocycles. The van der Waals surface area contributed by atoms with Crippen molar-refractivity contribution < 1.29 is 4.74 Å². The average molecular weight is 253 g/mol. The number of nitrogens with zero attached hydrogens (tertiary/aromatic N) is 3. The van der Waals surface area contributed by atoms with Crippen LogP contribution in [0.25, 0.3) is 0 Å². The standard InChI is InChI=1S/C12H23N5O/c1-6-12(5,7-2)17-10-14-9(13)15-11(16-10)18-8(3)4/h8H,6-7H2,1-5H3,(H3,13,14,15,16,17). The van der Waals surface area contributed by atoms with E-state index in [2.05, 4.69) is 41.0 Å². The summed E-state index contributed by atoms with van der Waals surface area (Å²) in [5.41, 5.74) is 5.60. The van der Waals surface area contributed by atoms with Gasteiger partial charge in [0.2, 0.25) is 11.9 Å². The van der Waals surface area contributed by atoms with Gasteiger partial charge in [0, 0.05) is 5.54 Å². The molecule has 6 heteroatoms. The van der Waals surface area contributed by atoms with E-state index < -0.39 is 0 Å². The first-order valence-electron chi connectivity index (χ1n) is 6.35. The van der Waals surface area contributed by atoms with Crippen LogP contribution >= 0.6 is 0 Å². The molecular weight excluding hydrogens is 230 g/mol. The van der Waals surface area contributed by atoms with Crippen LogP contribution in [0.4, 0.5) is 11.9 Å². The van der Waals surface area contributed by atoms with Gasteiger partial charge in [-0.1, -0.05) is 13.8 Å². The molecule has 1 aromatic heterocycles. The highest BCUT2D eigenvalue weighted by atomic mass is 16.5. The molecule has 0 saturated heterocycles. The minimum atomic E-state index is -0.0527. The van der Waals surface area contributed by atoms with Crippen LogP contribution in [0.2, 0.25) is 0 Å². The van der Waals surface area contributed by atoms with Gasteiger partial charge >= 0.3 is 6.01 Å². The molecule has 6 nitrogen and oxygen atoms in total. The lowest BCUT2D eigenvalue weighted by molar-refractivity contribution is 0.222. The molecular formula is C12H23N5O. The molecule has 0 aliphatic rings. The van der Waals surface area contributed by atoms with Crippen molar-refractivity contribution in [2.45, 2.75) is 59.1 Å². The van der Waals surface area contributed by atoms with E-state index >= 15 is 0 Å². The van der Waals surface area contributed by atoms with Crippen LogP contribution in [0, 0.1) is 0 Å². The molecule has 0 unspecified atom stereocenters. The van der Waals surface area contributed by atoms with Crippen LogP contribution in [0.3, 0.4) is 0 Å². The number of hydrogen-bond acceptors (Lipinski definition) is 6. The van der Waals surface area contributed by atoms with E-state index in [-0.39, 0.29) is 23.6 Å². The number of aromatic nitrogens is 3. The normalized spacial score (nSPS) is 11.7. The molecule has 102 valence electrons. The summed E-state index contributed by atoms with van der Waals surface area (Å²) >= 11 is 0. The molecule has 1 heterocycles. The Morgan fingerprint density at radius 3 is 2.33 bits per heavy atom. The summed E-state index contributed by atoms with van der Waals surface area (Å²) in [7, 11) is 0. The second kappa shape index (κ2) is 5.84. The molecule has 0 bridgehead atoms. The Balaban J connectivity index is 2.92. The molecule has 18 heavy (non-hydrogen) atoms. The van der Waals surface area contributed by atoms with Crippen LogP contribution in [0.1, 0.15) is 47.5 Å². The Kier molecular flexibility index (Phi) is 4.69. The largest absolute Gasteiger partial charge is 0.461 e. The zero-order chi connectivity index (χ0) is 13.8. The predicted molar refractivity (Wildman–Crippen MR) is 72.6 cm³/mol. The lowest BCUT2D eigenvalue weighted by Crippen LogP contribution is -2.34. The van der Waals surface area contributed by atoms with Crippen molar-refractivity contribution in [1.82, 2.24) is 15.0 Å². The molecule has 0 aliphatic heterocycles. The highest BCUT2D eigenvalue weighted by molar-refractivity contribution is 5.35. The van der Waals surface area contributed by atoms with E-state index in [1.165, 1.54) is 0 Å². The fraction of sp³-hybridized carbons (Fsp3) is 0.750. The lowest BCUT2D eigenvalue weighted by Gasteiger charge is -2.28. The maximum Gasteiger partial charge on any atom is 0.323 e. The predicted octanol–water partition coefficient (Wildman–Crippen LogP) is 2.23. The van der Waals surface area contributed by atoms with Gasteiger partial charge in [0.1, 0.15) is 0 Å². The molecule has 1 aromatic rings. The molecule has 0 fully saturated rings. The topological polar surface area (TPSA) is 86.0 Å². The molecule has 1 rings (SSSR count). The van der Waals surface area contributed by atoms with E-state index in [1.807, 2.05) is 13.8 Å². The van der Waals surface area contributed by atoms with Gasteiger partial charge in [-0.15, -0.1) is 0 Å². The van der Waals surface area contributed by atoms with Gasteiger partial charge in [-0.25, -0.2) is 0 Å². The number of nitrogens with one attached hydrogen (secondary N) is 1. The van der Waals surface area contributed by atoms with Crippen LogP contribution in [0.15, 0.2) is 0 Å². The van der Waals surface area contributed by atoms with Crippen LogP contribution in [-0.2, 0) is 0 Å². The maximum absolute atomic E-state index is 5.65. The van der Waals surface area contributed by atoms with Crippen LogP contribution in [-0.4, -0.2) is 26.6 Å². The fourth-order valence-corrected chi connectivity index (χ4v) is 1.39. The van der Waals surface area contributed by atoms with Gasteiger partial charge in [0.15, 0.2) is 0 Å². The molecule has 0 aromatic carbocycles. The summed E-state index contributed by atoms with van der Waals surface area (Å²) in [5, 5.41) is 3.29. The van der Waals surface area contributed by atoms with Crippen molar-refractivity contribution in [3.05, 3.63) is 0 Å². The number of nitrogens with two attached hydrogens (primary N) is 1. The third kappa shape index (κ3) is 4.01. The SMILES string of the molecule is CCC(C)(CC)Nc1nc(N)nc(OC(C)C)n1. The van der Waals surface area contributed by atoms with E-state index in [1.54, 1.807) is 0 Å². The second-order valence-corrected chi connectivity index (χ2v) is 4.86. The van der Waals surface area contributed by atoms with Crippen LogP contribution < -0.4 is 15.8 Å². The van der Waals surface area contributed by atoms with Crippen molar-refractivity contribution in [1.29, 1.82) is 0 Å². The number of rotatable bonds is 6. The smallest absolute Gasteiger partial charge is 0.323 e. The summed E-state index contributed by atoms with van der Waals surface area (Å²) in [5.74, 6) is 0.627. The van der Waals surface area contributed by atoms with Crippen molar-refractivity contribution in [3.63, 3.8) is 0 Å². The third-order valence-electron chi connectivity index (χ3n) is 2.95. The lowest BCUT2D eigenvalue weighted by atomic mass is 9.96. The number of ether oxygens (including phenoxy) is 1. The number of nitrogen functional groups attached to an aromatic ring is 1. The first-order chi connectivity index (χ1) is 8.38. The molecule has 0 amide bonds. The summed E-state index contributed by atoms with van der Waals surface area (Å²) in [4.78, 5) is 12.3. The monoisotopic (exact) mass is 253 g/mol. The Hall–Kier alpha value is -1.59. The number of anilines is 2. The summed E-state index contributed by atoms with van der Waals surface area (Å²) in [6, 6.07) is 0.259. The minimum absolute atomic E-state index is 0.00313. The number of hydrogen-bond donors (Lipinski definition) is 2. The van der Waals surface area contributed by atoms with Gasteiger partial charge in [0.05, 0.1) is 6.10 Å². The first-order valence-corrected chi connectivity index (χ1v) is 6.35.